The minimum atomic E-state index is -1.08. The van der Waals surface area contributed by atoms with E-state index in [4.69, 9.17) is 0 Å². The molecule has 0 aliphatic heterocycles. The predicted octanol–water partition coefficient (Wildman–Crippen LogP) is 2.38. The van der Waals surface area contributed by atoms with E-state index in [1.807, 2.05) is 20.8 Å². The summed E-state index contributed by atoms with van der Waals surface area (Å²) >= 11 is 0. The smallest absolute Gasteiger partial charge is 0.323 e. The zero-order chi connectivity index (χ0) is 19.4. The molecule has 1 atom stereocenters. The molecule has 1 N–H and O–H groups in total. The van der Waals surface area contributed by atoms with Crippen LogP contribution in [0.25, 0.3) is 10.8 Å². The van der Waals surface area contributed by atoms with Gasteiger partial charge < -0.3 is 10.0 Å². The van der Waals surface area contributed by atoms with Crippen LogP contribution in [0.5, 0.6) is 0 Å². The summed E-state index contributed by atoms with van der Waals surface area (Å²) < 4.78 is 1.30. The fraction of sp³-hybridized carbons (Fsp3) is 0.474. The number of aromatic nitrogens is 2. The zero-order valence-electron chi connectivity index (χ0n) is 15.6. The van der Waals surface area contributed by atoms with Crippen LogP contribution in [0, 0.1) is 5.92 Å². The number of carbonyl (C=O) groups is 2. The Morgan fingerprint density at radius 1 is 1.19 bits per heavy atom. The number of rotatable bonds is 7. The van der Waals surface area contributed by atoms with Crippen molar-refractivity contribution in [3.63, 3.8) is 0 Å². The van der Waals surface area contributed by atoms with Gasteiger partial charge in [0.15, 0.2) is 5.69 Å². The standard InChI is InChI=1S/C19H25N3O4/c1-5-13(4)21(11-16(23)24)19(26)17-14-8-6-7-9-15(14)18(25)22(20-17)10-12(2)3/h6-9,12-13H,5,10-11H2,1-4H3,(H,23,24). The lowest BCUT2D eigenvalue weighted by Gasteiger charge is -2.27. The fourth-order valence-corrected chi connectivity index (χ4v) is 2.79. The Bertz CT molecular complexity index is 873. The second kappa shape index (κ2) is 8.12. The van der Waals surface area contributed by atoms with E-state index in [0.29, 0.717) is 23.7 Å². The lowest BCUT2D eigenvalue weighted by atomic mass is 10.1. The van der Waals surface area contributed by atoms with Crippen LogP contribution < -0.4 is 5.56 Å². The first-order valence-electron chi connectivity index (χ1n) is 8.78. The zero-order valence-corrected chi connectivity index (χ0v) is 15.6. The molecule has 0 aliphatic carbocycles. The van der Waals surface area contributed by atoms with Gasteiger partial charge in [-0.05, 0) is 25.3 Å². The Morgan fingerprint density at radius 3 is 2.35 bits per heavy atom. The molecule has 0 bridgehead atoms. The number of hydrogen-bond donors (Lipinski definition) is 1. The summed E-state index contributed by atoms with van der Waals surface area (Å²) in [6.45, 7) is 7.58. The second-order valence-corrected chi connectivity index (χ2v) is 6.86. The third-order valence-electron chi connectivity index (χ3n) is 4.30. The summed E-state index contributed by atoms with van der Waals surface area (Å²) in [7, 11) is 0. The van der Waals surface area contributed by atoms with Crippen molar-refractivity contribution < 1.29 is 14.7 Å². The summed E-state index contributed by atoms with van der Waals surface area (Å²) in [5.41, 5.74) is -0.137. The molecular formula is C19H25N3O4. The van der Waals surface area contributed by atoms with Crippen LogP contribution in [0.15, 0.2) is 29.1 Å². The van der Waals surface area contributed by atoms with E-state index in [-0.39, 0.29) is 23.2 Å². The van der Waals surface area contributed by atoms with Crippen molar-refractivity contribution in [3.8, 4) is 0 Å². The van der Waals surface area contributed by atoms with Gasteiger partial charge in [-0.15, -0.1) is 0 Å². The highest BCUT2D eigenvalue weighted by Gasteiger charge is 2.27. The highest BCUT2D eigenvalue weighted by Crippen LogP contribution is 2.17. The van der Waals surface area contributed by atoms with Crippen LogP contribution in [0.1, 0.15) is 44.6 Å². The SMILES string of the molecule is CCC(C)N(CC(=O)O)C(=O)c1nn(CC(C)C)c(=O)c2ccccc12. The van der Waals surface area contributed by atoms with E-state index >= 15 is 0 Å². The van der Waals surface area contributed by atoms with Crippen molar-refractivity contribution in [2.75, 3.05) is 6.54 Å². The molecule has 1 aromatic carbocycles. The number of carbonyl (C=O) groups excluding carboxylic acids is 1. The molecule has 140 valence electrons. The van der Waals surface area contributed by atoms with Crippen LogP contribution in [0.4, 0.5) is 0 Å². The maximum absolute atomic E-state index is 13.1. The lowest BCUT2D eigenvalue weighted by Crippen LogP contribution is -2.43. The second-order valence-electron chi connectivity index (χ2n) is 6.86. The molecule has 0 aliphatic rings. The van der Waals surface area contributed by atoms with Crippen molar-refractivity contribution in [1.29, 1.82) is 0 Å². The third kappa shape index (κ3) is 4.09. The van der Waals surface area contributed by atoms with Crippen molar-refractivity contribution in [2.24, 2.45) is 5.92 Å². The normalized spacial score (nSPS) is 12.3. The quantitative estimate of drug-likeness (QED) is 0.819. The van der Waals surface area contributed by atoms with E-state index < -0.39 is 18.4 Å². The van der Waals surface area contributed by atoms with Gasteiger partial charge in [0.1, 0.15) is 6.54 Å². The summed E-state index contributed by atoms with van der Waals surface area (Å²) in [4.78, 5) is 38.3. The first-order valence-corrected chi connectivity index (χ1v) is 8.78. The highest BCUT2D eigenvalue weighted by molar-refractivity contribution is 6.05. The number of nitrogens with zero attached hydrogens (tertiary/aromatic N) is 3. The lowest BCUT2D eigenvalue weighted by molar-refractivity contribution is -0.138. The van der Waals surface area contributed by atoms with Gasteiger partial charge >= 0.3 is 5.97 Å². The summed E-state index contributed by atoms with van der Waals surface area (Å²) in [5, 5.41) is 14.3. The molecule has 1 heterocycles. The van der Waals surface area contributed by atoms with E-state index in [1.165, 1.54) is 9.58 Å². The topological polar surface area (TPSA) is 92.5 Å². The minimum Gasteiger partial charge on any atom is -0.480 e. The molecule has 2 aromatic rings. The summed E-state index contributed by atoms with van der Waals surface area (Å²) in [5.74, 6) is -1.39. The maximum atomic E-state index is 13.1. The number of amides is 1. The van der Waals surface area contributed by atoms with E-state index in [9.17, 15) is 19.5 Å². The first-order chi connectivity index (χ1) is 12.3. The average molecular weight is 359 g/mol. The minimum absolute atomic E-state index is 0.113. The maximum Gasteiger partial charge on any atom is 0.323 e. The van der Waals surface area contributed by atoms with Gasteiger partial charge in [0.05, 0.1) is 5.39 Å². The Balaban J connectivity index is 2.66. The van der Waals surface area contributed by atoms with E-state index in [0.717, 1.165) is 0 Å². The summed E-state index contributed by atoms with van der Waals surface area (Å²) in [6.07, 6.45) is 0.614. The van der Waals surface area contributed by atoms with E-state index in [1.54, 1.807) is 31.2 Å². The molecule has 1 amide bonds. The number of carboxylic acids is 1. The van der Waals surface area contributed by atoms with Crippen molar-refractivity contribution >= 4 is 22.6 Å². The number of aliphatic carboxylic acids is 1. The van der Waals surface area contributed by atoms with Crippen LogP contribution in [0.2, 0.25) is 0 Å². The van der Waals surface area contributed by atoms with Gasteiger partial charge in [-0.3, -0.25) is 14.4 Å². The number of carboxylic acid groups (broad SMARTS) is 1. The molecule has 2 rings (SSSR count). The van der Waals surface area contributed by atoms with Gasteiger partial charge in [-0.25, -0.2) is 4.68 Å². The van der Waals surface area contributed by atoms with Crippen LogP contribution in [-0.2, 0) is 11.3 Å². The molecule has 1 unspecified atom stereocenters. The average Bonchev–Trinajstić information content (AvgIpc) is 2.60. The Kier molecular flexibility index (Phi) is 6.13. The molecule has 7 nitrogen and oxygen atoms in total. The largest absolute Gasteiger partial charge is 0.480 e. The van der Waals surface area contributed by atoms with Gasteiger partial charge in [-0.1, -0.05) is 39.0 Å². The number of hydrogen-bond acceptors (Lipinski definition) is 4. The number of fused-ring (bicyclic) bond motifs is 1. The highest BCUT2D eigenvalue weighted by atomic mass is 16.4. The Hall–Kier alpha value is -2.70. The van der Waals surface area contributed by atoms with Gasteiger partial charge in [-0.2, -0.15) is 5.10 Å². The Labute approximate surface area is 152 Å². The van der Waals surface area contributed by atoms with Crippen LogP contribution in [0.3, 0.4) is 0 Å². The van der Waals surface area contributed by atoms with Crippen LogP contribution >= 0.6 is 0 Å². The van der Waals surface area contributed by atoms with Gasteiger partial charge in [0.25, 0.3) is 11.5 Å². The van der Waals surface area contributed by atoms with Gasteiger partial charge in [0, 0.05) is 18.0 Å². The molecule has 1 aromatic heterocycles. The molecule has 0 fully saturated rings. The molecule has 0 radical (unpaired) electrons. The summed E-state index contributed by atoms with van der Waals surface area (Å²) in [6, 6.07) is 6.55. The first kappa shape index (κ1) is 19.6. The Morgan fingerprint density at radius 2 is 1.81 bits per heavy atom. The monoisotopic (exact) mass is 359 g/mol. The van der Waals surface area contributed by atoms with Gasteiger partial charge in [0.2, 0.25) is 0 Å². The molecule has 0 spiro atoms. The molecule has 0 saturated heterocycles. The number of benzene rings is 1. The fourth-order valence-electron chi connectivity index (χ4n) is 2.79. The molecule has 7 heteroatoms. The third-order valence-corrected chi connectivity index (χ3v) is 4.30. The van der Waals surface area contributed by atoms with E-state index in [2.05, 4.69) is 5.10 Å². The van der Waals surface area contributed by atoms with Crippen molar-refractivity contribution in [3.05, 3.63) is 40.3 Å². The molecule has 0 saturated carbocycles. The molecular weight excluding hydrogens is 334 g/mol. The predicted molar refractivity (Wildman–Crippen MR) is 99.3 cm³/mol. The van der Waals surface area contributed by atoms with Crippen molar-refractivity contribution in [2.45, 2.75) is 46.7 Å². The van der Waals surface area contributed by atoms with Crippen molar-refractivity contribution in [1.82, 2.24) is 14.7 Å². The van der Waals surface area contributed by atoms with Crippen LogP contribution in [-0.4, -0.2) is 44.3 Å². The molecule has 26 heavy (non-hydrogen) atoms.